The van der Waals surface area contributed by atoms with Crippen LogP contribution in [0.15, 0.2) is 0 Å². The average molecular weight is 167 g/mol. The molecule has 1 unspecified atom stereocenters. The van der Waals surface area contributed by atoms with Crippen molar-refractivity contribution >= 4 is 6.41 Å². The topological polar surface area (TPSA) is 29.1 Å². The fourth-order valence-corrected chi connectivity index (χ4v) is 3.16. The van der Waals surface area contributed by atoms with Gasteiger partial charge < -0.3 is 5.32 Å². The number of fused-ring (bicyclic) bond motifs is 2. The Hall–Kier alpha value is -0.530. The monoisotopic (exact) mass is 167 g/mol. The molecule has 0 aliphatic heterocycles. The average Bonchev–Trinajstić information content (AvgIpc) is 2.03. The molecule has 0 aromatic carbocycles. The van der Waals surface area contributed by atoms with Crippen molar-refractivity contribution in [3.05, 3.63) is 0 Å². The van der Waals surface area contributed by atoms with Gasteiger partial charge in [0, 0.05) is 6.04 Å². The molecule has 0 heterocycles. The Morgan fingerprint density at radius 2 is 2.25 bits per heavy atom. The van der Waals surface area contributed by atoms with Crippen LogP contribution in [0, 0.1) is 17.3 Å². The van der Waals surface area contributed by atoms with Gasteiger partial charge in [-0.25, -0.2) is 0 Å². The predicted octanol–water partition coefficient (Wildman–Crippen LogP) is 1.56. The maximum atomic E-state index is 10.3. The van der Waals surface area contributed by atoms with E-state index in [0.29, 0.717) is 11.5 Å². The van der Waals surface area contributed by atoms with Crippen LogP contribution < -0.4 is 5.32 Å². The molecule has 1 N–H and O–H groups in total. The summed E-state index contributed by atoms with van der Waals surface area (Å²) in [6.45, 7) is 4.71. The summed E-state index contributed by atoms with van der Waals surface area (Å²) < 4.78 is 0. The van der Waals surface area contributed by atoms with Crippen molar-refractivity contribution in [3.8, 4) is 0 Å². The smallest absolute Gasteiger partial charge is 0.207 e. The van der Waals surface area contributed by atoms with Crippen LogP contribution >= 0.6 is 0 Å². The summed E-state index contributed by atoms with van der Waals surface area (Å²) in [7, 11) is 0. The zero-order valence-corrected chi connectivity index (χ0v) is 7.84. The van der Waals surface area contributed by atoms with E-state index in [-0.39, 0.29) is 0 Å². The maximum absolute atomic E-state index is 10.3. The molecule has 3 aliphatic rings. The van der Waals surface area contributed by atoms with Crippen LogP contribution in [-0.4, -0.2) is 12.5 Å². The van der Waals surface area contributed by atoms with E-state index in [1.807, 2.05) is 0 Å². The van der Waals surface area contributed by atoms with Crippen LogP contribution in [0.2, 0.25) is 0 Å². The highest BCUT2D eigenvalue weighted by Gasteiger charge is 2.52. The van der Waals surface area contributed by atoms with Gasteiger partial charge in [0.05, 0.1) is 0 Å². The molecule has 12 heavy (non-hydrogen) atoms. The first kappa shape index (κ1) is 8.09. The van der Waals surface area contributed by atoms with Crippen molar-refractivity contribution in [2.75, 3.05) is 0 Å². The summed E-state index contributed by atoms with van der Waals surface area (Å²) in [6.07, 6.45) is 4.62. The highest BCUT2D eigenvalue weighted by atomic mass is 16.1. The van der Waals surface area contributed by atoms with E-state index in [2.05, 4.69) is 19.2 Å². The number of hydrogen-bond donors (Lipinski definition) is 1. The SMILES string of the molecule is CC1[C@@H]2C[C@@H](NC=O)C[C@@]1(C)C2. The third-order valence-electron chi connectivity index (χ3n) is 4.14. The molecule has 0 aromatic rings. The molecule has 1 amide bonds. The lowest BCUT2D eigenvalue weighted by Crippen LogP contribution is -2.55. The normalized spacial score (nSPS) is 51.0. The second kappa shape index (κ2) is 2.48. The van der Waals surface area contributed by atoms with Crippen LogP contribution in [-0.2, 0) is 4.79 Å². The molecule has 3 aliphatic carbocycles. The summed E-state index contributed by atoms with van der Waals surface area (Å²) in [6, 6.07) is 0.461. The number of hydrogen-bond acceptors (Lipinski definition) is 1. The molecule has 0 saturated heterocycles. The lowest BCUT2D eigenvalue weighted by Gasteiger charge is -2.59. The van der Waals surface area contributed by atoms with Crippen molar-refractivity contribution in [1.29, 1.82) is 0 Å². The largest absolute Gasteiger partial charge is 0.356 e. The molecule has 2 bridgehead atoms. The number of rotatable bonds is 2. The highest BCUT2D eigenvalue weighted by Crippen LogP contribution is 2.59. The van der Waals surface area contributed by atoms with Crippen LogP contribution in [0.1, 0.15) is 33.1 Å². The second-order valence-electron chi connectivity index (χ2n) is 4.83. The van der Waals surface area contributed by atoms with E-state index in [4.69, 9.17) is 0 Å². The summed E-state index contributed by atoms with van der Waals surface area (Å²) in [5, 5.41) is 2.91. The molecular weight excluding hydrogens is 150 g/mol. The van der Waals surface area contributed by atoms with Gasteiger partial charge >= 0.3 is 0 Å². The maximum Gasteiger partial charge on any atom is 0.207 e. The van der Waals surface area contributed by atoms with Crippen molar-refractivity contribution in [3.63, 3.8) is 0 Å². The molecule has 4 atom stereocenters. The van der Waals surface area contributed by atoms with Gasteiger partial charge in [0.1, 0.15) is 0 Å². The molecule has 0 aromatic heterocycles. The van der Waals surface area contributed by atoms with Gasteiger partial charge in [-0.15, -0.1) is 0 Å². The summed E-state index contributed by atoms with van der Waals surface area (Å²) in [4.78, 5) is 10.3. The molecule has 3 fully saturated rings. The molecule has 0 spiro atoms. The van der Waals surface area contributed by atoms with Gasteiger partial charge in [0.15, 0.2) is 0 Å². The third kappa shape index (κ3) is 0.970. The third-order valence-corrected chi connectivity index (χ3v) is 4.14. The molecular formula is C10H17NO. The van der Waals surface area contributed by atoms with E-state index < -0.39 is 0 Å². The van der Waals surface area contributed by atoms with E-state index in [9.17, 15) is 4.79 Å². The minimum Gasteiger partial charge on any atom is -0.356 e. The summed E-state index contributed by atoms with van der Waals surface area (Å²) in [5.74, 6) is 1.75. The standard InChI is InChI=1S/C10H17NO/c1-7-8-3-9(11-6-12)5-10(7,2)4-8/h6-9H,3-5H2,1-2H3,(H,11,12)/t7?,8-,9-,10-/m1/s1. The fourth-order valence-electron chi connectivity index (χ4n) is 3.16. The van der Waals surface area contributed by atoms with Gasteiger partial charge in [-0.1, -0.05) is 13.8 Å². The van der Waals surface area contributed by atoms with Gasteiger partial charge in [0.2, 0.25) is 6.41 Å². The minimum absolute atomic E-state index is 0.461. The first-order chi connectivity index (χ1) is 5.65. The fraction of sp³-hybridized carbons (Fsp3) is 0.900. The van der Waals surface area contributed by atoms with Crippen molar-refractivity contribution < 1.29 is 4.79 Å². The molecule has 3 saturated carbocycles. The first-order valence-electron chi connectivity index (χ1n) is 4.85. The van der Waals surface area contributed by atoms with Gasteiger partial charge in [-0.05, 0) is 36.5 Å². The van der Waals surface area contributed by atoms with Crippen molar-refractivity contribution in [2.24, 2.45) is 17.3 Å². The Kier molecular flexibility index (Phi) is 1.67. The number of amides is 1. The van der Waals surface area contributed by atoms with E-state index >= 15 is 0 Å². The quantitative estimate of drug-likeness (QED) is 0.621. The Balaban J connectivity index is 1.99. The second-order valence-corrected chi connectivity index (χ2v) is 4.83. The van der Waals surface area contributed by atoms with Crippen LogP contribution in [0.4, 0.5) is 0 Å². The Morgan fingerprint density at radius 3 is 2.75 bits per heavy atom. The highest BCUT2D eigenvalue weighted by molar-refractivity contribution is 5.46. The minimum atomic E-state index is 0.461. The van der Waals surface area contributed by atoms with E-state index in [1.165, 1.54) is 19.3 Å². The number of carbonyl (C=O) groups is 1. The zero-order valence-electron chi connectivity index (χ0n) is 7.84. The molecule has 2 nitrogen and oxygen atoms in total. The van der Waals surface area contributed by atoms with E-state index in [1.54, 1.807) is 0 Å². The lowest BCUT2D eigenvalue weighted by molar-refractivity contribution is -0.115. The zero-order chi connectivity index (χ0) is 8.77. The van der Waals surface area contributed by atoms with Gasteiger partial charge in [-0.3, -0.25) is 4.79 Å². The van der Waals surface area contributed by atoms with Crippen LogP contribution in [0.5, 0.6) is 0 Å². The van der Waals surface area contributed by atoms with Gasteiger partial charge in [-0.2, -0.15) is 0 Å². The molecule has 2 heteroatoms. The summed E-state index contributed by atoms with van der Waals surface area (Å²) >= 11 is 0. The first-order valence-corrected chi connectivity index (χ1v) is 4.85. The Labute approximate surface area is 73.7 Å². The Morgan fingerprint density at radius 1 is 1.50 bits per heavy atom. The molecule has 3 rings (SSSR count). The summed E-state index contributed by atoms with van der Waals surface area (Å²) in [5.41, 5.74) is 0.531. The van der Waals surface area contributed by atoms with Crippen molar-refractivity contribution in [2.45, 2.75) is 39.2 Å². The number of nitrogens with one attached hydrogen (secondary N) is 1. The van der Waals surface area contributed by atoms with Crippen molar-refractivity contribution in [1.82, 2.24) is 5.32 Å². The Bertz CT molecular complexity index is 204. The lowest BCUT2D eigenvalue weighted by atomic mass is 9.47. The predicted molar refractivity (Wildman–Crippen MR) is 47.6 cm³/mol. The molecule has 0 radical (unpaired) electrons. The molecule has 68 valence electrons. The number of carbonyl (C=O) groups excluding carboxylic acids is 1. The van der Waals surface area contributed by atoms with Gasteiger partial charge in [0.25, 0.3) is 0 Å². The van der Waals surface area contributed by atoms with Crippen LogP contribution in [0.3, 0.4) is 0 Å². The van der Waals surface area contributed by atoms with Crippen LogP contribution in [0.25, 0.3) is 0 Å². The van der Waals surface area contributed by atoms with E-state index in [0.717, 1.165) is 18.2 Å².